The minimum atomic E-state index is -0.0377. The van der Waals surface area contributed by atoms with Crippen molar-refractivity contribution >= 4 is 11.6 Å². The predicted molar refractivity (Wildman–Crippen MR) is 79.1 cm³/mol. The highest BCUT2D eigenvalue weighted by atomic mass is 16.2. The maximum absolute atomic E-state index is 12.4. The number of nitrogens with two attached hydrogens (primary N) is 1. The van der Waals surface area contributed by atoms with E-state index >= 15 is 0 Å². The summed E-state index contributed by atoms with van der Waals surface area (Å²) in [5.74, 6) is -0.0377. The van der Waals surface area contributed by atoms with Gasteiger partial charge in [0, 0.05) is 32.0 Å². The molecule has 0 unspecified atom stereocenters. The van der Waals surface area contributed by atoms with E-state index in [0.717, 1.165) is 17.7 Å². The van der Waals surface area contributed by atoms with Crippen molar-refractivity contribution < 1.29 is 4.79 Å². The molecule has 0 aliphatic rings. The molecule has 0 aliphatic carbocycles. The zero-order valence-corrected chi connectivity index (χ0v) is 11.9. The molecule has 2 N–H and O–H groups in total. The van der Waals surface area contributed by atoms with Crippen LogP contribution in [0.3, 0.4) is 0 Å². The van der Waals surface area contributed by atoms with Crippen LogP contribution >= 0.6 is 0 Å². The lowest BCUT2D eigenvalue weighted by molar-refractivity contribution is 0.0736. The lowest BCUT2D eigenvalue weighted by Gasteiger charge is -2.21. The summed E-state index contributed by atoms with van der Waals surface area (Å²) in [5.41, 5.74) is 7.95. The number of nitrogen functional groups attached to an aromatic ring is 1. The van der Waals surface area contributed by atoms with Gasteiger partial charge >= 0.3 is 0 Å². The Kier molecular flexibility index (Phi) is 4.40. The molecule has 5 heteroatoms. The summed E-state index contributed by atoms with van der Waals surface area (Å²) in [5, 5.41) is 4.17. The van der Waals surface area contributed by atoms with E-state index in [1.165, 1.54) is 0 Å². The molecule has 106 valence electrons. The van der Waals surface area contributed by atoms with Gasteiger partial charge in [-0.05, 0) is 30.2 Å². The number of aromatic nitrogens is 2. The van der Waals surface area contributed by atoms with Crippen molar-refractivity contribution in [2.45, 2.75) is 19.9 Å². The van der Waals surface area contributed by atoms with Crippen LogP contribution in [0.2, 0.25) is 0 Å². The predicted octanol–water partition coefficient (Wildman–Crippen LogP) is 2.05. The summed E-state index contributed by atoms with van der Waals surface area (Å²) < 4.78 is 1.64. The summed E-state index contributed by atoms with van der Waals surface area (Å²) in [6, 6.07) is 9.34. The highest BCUT2D eigenvalue weighted by Crippen LogP contribution is 2.11. The molecular weight excluding hydrogens is 252 g/mol. The first-order valence-electron chi connectivity index (χ1n) is 6.73. The van der Waals surface area contributed by atoms with Gasteiger partial charge in [-0.2, -0.15) is 5.10 Å². The lowest BCUT2D eigenvalue weighted by Crippen LogP contribution is -2.31. The van der Waals surface area contributed by atoms with Crippen LogP contribution in [0.1, 0.15) is 29.4 Å². The van der Waals surface area contributed by atoms with E-state index in [1.807, 2.05) is 29.2 Å². The molecule has 0 fully saturated rings. The van der Waals surface area contributed by atoms with Crippen molar-refractivity contribution in [3.8, 4) is 0 Å². The number of carbonyl (C=O) groups is 1. The third kappa shape index (κ3) is 3.38. The highest BCUT2D eigenvalue weighted by molar-refractivity contribution is 5.92. The van der Waals surface area contributed by atoms with Crippen LogP contribution in [0.5, 0.6) is 0 Å². The van der Waals surface area contributed by atoms with Crippen LogP contribution in [-0.4, -0.2) is 27.1 Å². The Balaban J connectivity index is 2.14. The average Bonchev–Trinajstić information content (AvgIpc) is 2.86. The number of hydrogen-bond donors (Lipinski definition) is 1. The number of anilines is 1. The Bertz CT molecular complexity index is 574. The molecular formula is C15H20N4O. The van der Waals surface area contributed by atoms with Crippen LogP contribution in [0, 0.1) is 0 Å². The van der Waals surface area contributed by atoms with Gasteiger partial charge in [-0.15, -0.1) is 0 Å². The van der Waals surface area contributed by atoms with Gasteiger partial charge in [0.2, 0.25) is 0 Å². The number of amides is 1. The van der Waals surface area contributed by atoms with Crippen molar-refractivity contribution in [1.29, 1.82) is 0 Å². The second-order valence-corrected chi connectivity index (χ2v) is 4.84. The lowest BCUT2D eigenvalue weighted by atomic mass is 10.2. The second kappa shape index (κ2) is 6.23. The van der Waals surface area contributed by atoms with Crippen molar-refractivity contribution in [2.75, 3.05) is 12.3 Å². The van der Waals surface area contributed by atoms with Gasteiger partial charge in [-0.3, -0.25) is 9.48 Å². The number of carbonyl (C=O) groups excluding carboxylic acids is 1. The van der Waals surface area contributed by atoms with Gasteiger partial charge in [0.05, 0.1) is 0 Å². The molecule has 2 rings (SSSR count). The van der Waals surface area contributed by atoms with Crippen LogP contribution in [0.25, 0.3) is 0 Å². The highest BCUT2D eigenvalue weighted by Gasteiger charge is 2.17. The molecule has 0 spiro atoms. The Morgan fingerprint density at radius 3 is 2.55 bits per heavy atom. The Hall–Kier alpha value is -2.30. The van der Waals surface area contributed by atoms with Gasteiger partial charge in [0.25, 0.3) is 5.91 Å². The molecule has 5 nitrogen and oxygen atoms in total. The van der Waals surface area contributed by atoms with E-state index in [1.54, 1.807) is 24.0 Å². The van der Waals surface area contributed by atoms with Gasteiger partial charge in [-0.1, -0.05) is 19.1 Å². The quantitative estimate of drug-likeness (QED) is 0.847. The smallest absolute Gasteiger partial charge is 0.274 e. The first-order chi connectivity index (χ1) is 9.60. The Labute approximate surface area is 119 Å². The largest absolute Gasteiger partial charge is 0.399 e. The number of nitrogens with zero attached hydrogens (tertiary/aromatic N) is 3. The normalized spacial score (nSPS) is 10.5. The molecule has 0 saturated heterocycles. The maximum atomic E-state index is 12.4. The number of rotatable bonds is 5. The maximum Gasteiger partial charge on any atom is 0.274 e. The van der Waals surface area contributed by atoms with Crippen molar-refractivity contribution in [2.24, 2.45) is 7.05 Å². The summed E-state index contributed by atoms with van der Waals surface area (Å²) >= 11 is 0. The van der Waals surface area contributed by atoms with Crippen LogP contribution in [-0.2, 0) is 13.6 Å². The number of benzene rings is 1. The molecule has 0 atom stereocenters. The SMILES string of the molecule is CCCN(Cc1ccc(N)cc1)C(=O)c1ccn(C)n1. The number of hydrogen-bond acceptors (Lipinski definition) is 3. The average molecular weight is 272 g/mol. The third-order valence-electron chi connectivity index (χ3n) is 3.07. The molecule has 0 bridgehead atoms. The number of aryl methyl sites for hydroxylation is 1. The molecule has 20 heavy (non-hydrogen) atoms. The second-order valence-electron chi connectivity index (χ2n) is 4.84. The summed E-state index contributed by atoms with van der Waals surface area (Å²) in [7, 11) is 1.81. The van der Waals surface area contributed by atoms with E-state index < -0.39 is 0 Å². The fraction of sp³-hybridized carbons (Fsp3) is 0.333. The Morgan fingerprint density at radius 2 is 2.00 bits per heavy atom. The van der Waals surface area contributed by atoms with E-state index in [2.05, 4.69) is 12.0 Å². The molecule has 0 radical (unpaired) electrons. The summed E-state index contributed by atoms with van der Waals surface area (Å²) in [6.45, 7) is 3.34. The topological polar surface area (TPSA) is 64.2 Å². The summed E-state index contributed by atoms with van der Waals surface area (Å²) in [6.07, 6.45) is 2.69. The molecule has 2 aromatic rings. The molecule has 1 heterocycles. The van der Waals surface area contributed by atoms with E-state index in [0.29, 0.717) is 18.8 Å². The van der Waals surface area contributed by atoms with Gasteiger partial charge in [0.1, 0.15) is 5.69 Å². The van der Waals surface area contributed by atoms with Gasteiger partial charge in [0.15, 0.2) is 0 Å². The fourth-order valence-electron chi connectivity index (χ4n) is 2.06. The van der Waals surface area contributed by atoms with Gasteiger partial charge in [-0.25, -0.2) is 0 Å². The monoisotopic (exact) mass is 272 g/mol. The van der Waals surface area contributed by atoms with E-state index in [9.17, 15) is 4.79 Å². The first-order valence-corrected chi connectivity index (χ1v) is 6.73. The summed E-state index contributed by atoms with van der Waals surface area (Å²) in [4.78, 5) is 14.3. The fourth-order valence-corrected chi connectivity index (χ4v) is 2.06. The zero-order chi connectivity index (χ0) is 14.5. The molecule has 1 aromatic carbocycles. The van der Waals surface area contributed by atoms with E-state index in [-0.39, 0.29) is 5.91 Å². The van der Waals surface area contributed by atoms with Crippen molar-refractivity contribution in [3.05, 3.63) is 47.8 Å². The molecule has 0 saturated carbocycles. The van der Waals surface area contributed by atoms with Crippen LogP contribution in [0.15, 0.2) is 36.5 Å². The van der Waals surface area contributed by atoms with Crippen LogP contribution < -0.4 is 5.73 Å². The molecule has 1 aromatic heterocycles. The van der Waals surface area contributed by atoms with Crippen molar-refractivity contribution in [1.82, 2.24) is 14.7 Å². The Morgan fingerprint density at radius 1 is 1.30 bits per heavy atom. The van der Waals surface area contributed by atoms with Crippen LogP contribution in [0.4, 0.5) is 5.69 Å². The van der Waals surface area contributed by atoms with Gasteiger partial charge < -0.3 is 10.6 Å². The minimum absolute atomic E-state index is 0.0377. The van der Waals surface area contributed by atoms with Crippen molar-refractivity contribution in [3.63, 3.8) is 0 Å². The molecule has 0 aliphatic heterocycles. The third-order valence-corrected chi connectivity index (χ3v) is 3.07. The zero-order valence-electron chi connectivity index (χ0n) is 11.9. The van der Waals surface area contributed by atoms with E-state index in [4.69, 9.17) is 5.73 Å². The molecule has 1 amide bonds. The minimum Gasteiger partial charge on any atom is -0.399 e. The first kappa shape index (κ1) is 14.1. The standard InChI is InChI=1S/C15H20N4O/c1-3-9-19(11-12-4-6-13(16)7-5-12)15(20)14-8-10-18(2)17-14/h4-8,10H,3,9,11,16H2,1-2H3.